The zero-order chi connectivity index (χ0) is 16.2. The molecule has 0 N–H and O–H groups in total. The van der Waals surface area contributed by atoms with E-state index in [4.69, 9.17) is 0 Å². The van der Waals surface area contributed by atoms with Gasteiger partial charge in [-0.25, -0.2) is 0 Å². The van der Waals surface area contributed by atoms with Crippen molar-refractivity contribution in [2.24, 2.45) is 0 Å². The molecule has 1 aliphatic rings. The van der Waals surface area contributed by atoms with Crippen LogP contribution in [-0.2, 0) is 13.0 Å². The van der Waals surface area contributed by atoms with Crippen LogP contribution in [0.4, 0.5) is 0 Å². The molecule has 0 unspecified atom stereocenters. The van der Waals surface area contributed by atoms with Crippen LogP contribution in [0.2, 0.25) is 0 Å². The van der Waals surface area contributed by atoms with Crippen LogP contribution in [0.1, 0.15) is 10.4 Å². The van der Waals surface area contributed by atoms with E-state index in [-0.39, 0.29) is 0 Å². The van der Waals surface area contributed by atoms with Crippen molar-refractivity contribution in [1.29, 1.82) is 0 Å². The molecule has 3 nitrogen and oxygen atoms in total. The molecule has 3 aromatic rings. The normalized spacial score (nSPS) is 16.7. The van der Waals surface area contributed by atoms with Crippen molar-refractivity contribution < 1.29 is 0 Å². The van der Waals surface area contributed by atoms with Crippen molar-refractivity contribution >= 4 is 22.1 Å². The van der Waals surface area contributed by atoms with Crippen molar-refractivity contribution in [1.82, 2.24) is 14.8 Å². The topological polar surface area (TPSA) is 19.4 Å². The second-order valence-corrected chi connectivity index (χ2v) is 7.49. The molecule has 0 spiro atoms. The lowest BCUT2D eigenvalue weighted by Crippen LogP contribution is -2.46. The summed E-state index contributed by atoms with van der Waals surface area (Å²) in [5.74, 6) is 0. The summed E-state index contributed by atoms with van der Waals surface area (Å²) in [6.45, 7) is 6.90. The molecule has 0 aliphatic carbocycles. The number of piperazine rings is 1. The van der Waals surface area contributed by atoms with Crippen molar-refractivity contribution in [3.05, 3.63) is 64.6 Å². The average Bonchev–Trinajstić information content (AvgIpc) is 3.15. The molecular weight excluding hydrogens is 314 g/mol. The zero-order valence-electron chi connectivity index (χ0n) is 13.9. The molecule has 3 heterocycles. The Morgan fingerprint density at radius 1 is 0.958 bits per heavy atom. The summed E-state index contributed by atoms with van der Waals surface area (Å²) in [6.07, 6.45) is 5.05. The second-order valence-electron chi connectivity index (χ2n) is 6.46. The first-order valence-corrected chi connectivity index (χ1v) is 9.55. The van der Waals surface area contributed by atoms with E-state index in [1.807, 2.05) is 23.7 Å². The highest BCUT2D eigenvalue weighted by molar-refractivity contribution is 7.09. The SMILES string of the molecule is c1csc(CCN2CCN(Cc3cccc4cnccc34)CC2)c1. The summed E-state index contributed by atoms with van der Waals surface area (Å²) in [6, 6.07) is 13.1. The summed E-state index contributed by atoms with van der Waals surface area (Å²) in [5.41, 5.74) is 1.42. The molecule has 124 valence electrons. The zero-order valence-corrected chi connectivity index (χ0v) is 14.7. The first-order chi connectivity index (χ1) is 11.9. The van der Waals surface area contributed by atoms with E-state index < -0.39 is 0 Å². The molecule has 2 aromatic heterocycles. The quantitative estimate of drug-likeness (QED) is 0.708. The van der Waals surface area contributed by atoms with Gasteiger partial charge in [-0.3, -0.25) is 9.88 Å². The minimum Gasteiger partial charge on any atom is -0.300 e. The van der Waals surface area contributed by atoms with Crippen LogP contribution in [-0.4, -0.2) is 47.5 Å². The van der Waals surface area contributed by atoms with Crippen LogP contribution in [0, 0.1) is 0 Å². The lowest BCUT2D eigenvalue weighted by molar-refractivity contribution is 0.129. The summed E-state index contributed by atoms with van der Waals surface area (Å²) in [7, 11) is 0. The minimum absolute atomic E-state index is 1.04. The molecule has 4 heteroatoms. The monoisotopic (exact) mass is 337 g/mol. The average molecular weight is 337 g/mol. The van der Waals surface area contributed by atoms with Gasteiger partial charge >= 0.3 is 0 Å². The van der Waals surface area contributed by atoms with E-state index >= 15 is 0 Å². The highest BCUT2D eigenvalue weighted by Crippen LogP contribution is 2.20. The smallest absolute Gasteiger partial charge is 0.0346 e. The number of hydrogen-bond donors (Lipinski definition) is 0. The van der Waals surface area contributed by atoms with Crippen LogP contribution < -0.4 is 0 Å². The largest absolute Gasteiger partial charge is 0.300 e. The van der Waals surface area contributed by atoms with E-state index in [1.165, 1.54) is 47.3 Å². The van der Waals surface area contributed by atoms with Gasteiger partial charge in [0.05, 0.1) is 0 Å². The van der Waals surface area contributed by atoms with E-state index in [0.29, 0.717) is 0 Å². The third-order valence-corrected chi connectivity index (χ3v) is 5.82. The first-order valence-electron chi connectivity index (χ1n) is 8.67. The Hall–Kier alpha value is -1.75. The molecule has 0 bridgehead atoms. The highest BCUT2D eigenvalue weighted by atomic mass is 32.1. The fourth-order valence-corrected chi connectivity index (χ4v) is 4.16. The minimum atomic E-state index is 1.04. The van der Waals surface area contributed by atoms with Crippen LogP contribution in [0.25, 0.3) is 10.8 Å². The molecular formula is C20H23N3S. The molecule has 1 aromatic carbocycles. The maximum Gasteiger partial charge on any atom is 0.0346 e. The molecule has 0 radical (unpaired) electrons. The Morgan fingerprint density at radius 2 is 1.83 bits per heavy atom. The summed E-state index contributed by atoms with van der Waals surface area (Å²) < 4.78 is 0. The molecule has 0 atom stereocenters. The number of nitrogens with zero attached hydrogens (tertiary/aromatic N) is 3. The first kappa shape index (κ1) is 15.8. The predicted octanol–water partition coefficient (Wildman–Crippen LogP) is 3.66. The van der Waals surface area contributed by atoms with Gasteiger partial charge in [-0.15, -0.1) is 11.3 Å². The van der Waals surface area contributed by atoms with Gasteiger partial charge in [0.1, 0.15) is 0 Å². The number of pyridine rings is 1. The van der Waals surface area contributed by atoms with Crippen molar-refractivity contribution in [3.63, 3.8) is 0 Å². The molecule has 1 aliphatic heterocycles. The Bertz CT molecular complexity index is 771. The maximum atomic E-state index is 4.23. The fraction of sp³-hybridized carbons (Fsp3) is 0.350. The van der Waals surface area contributed by atoms with Crippen molar-refractivity contribution in [2.45, 2.75) is 13.0 Å². The Labute approximate surface area is 147 Å². The summed E-state index contributed by atoms with van der Waals surface area (Å²) >= 11 is 1.87. The molecule has 1 fully saturated rings. The molecule has 24 heavy (non-hydrogen) atoms. The standard InChI is InChI=1S/C20H23N3S/c1-3-17-15-21-8-6-20(17)18(4-1)16-23-12-10-22(11-13-23)9-7-19-5-2-14-24-19/h1-6,8,14-15H,7,9-13,16H2. The summed E-state index contributed by atoms with van der Waals surface area (Å²) in [5, 5.41) is 4.75. The number of hydrogen-bond acceptors (Lipinski definition) is 4. The fourth-order valence-electron chi connectivity index (χ4n) is 3.46. The Morgan fingerprint density at radius 3 is 2.67 bits per heavy atom. The maximum absolute atomic E-state index is 4.23. The van der Waals surface area contributed by atoms with Gasteiger partial charge in [0, 0.05) is 61.9 Å². The van der Waals surface area contributed by atoms with Gasteiger partial charge < -0.3 is 4.90 Å². The van der Waals surface area contributed by atoms with Crippen LogP contribution >= 0.6 is 11.3 Å². The van der Waals surface area contributed by atoms with Gasteiger partial charge in [-0.2, -0.15) is 0 Å². The third-order valence-electron chi connectivity index (χ3n) is 4.88. The number of thiophene rings is 1. The summed E-state index contributed by atoms with van der Waals surface area (Å²) in [4.78, 5) is 10.9. The molecule has 1 saturated heterocycles. The Balaban J connectivity index is 1.32. The highest BCUT2D eigenvalue weighted by Gasteiger charge is 2.17. The molecule has 0 saturated carbocycles. The lowest BCUT2D eigenvalue weighted by Gasteiger charge is -2.34. The van der Waals surface area contributed by atoms with Gasteiger partial charge in [0.2, 0.25) is 0 Å². The van der Waals surface area contributed by atoms with E-state index in [2.05, 4.69) is 56.6 Å². The van der Waals surface area contributed by atoms with Crippen LogP contribution in [0.15, 0.2) is 54.2 Å². The molecule has 4 rings (SSSR count). The third kappa shape index (κ3) is 3.66. The van der Waals surface area contributed by atoms with Crippen molar-refractivity contribution in [3.8, 4) is 0 Å². The van der Waals surface area contributed by atoms with Gasteiger partial charge in [-0.05, 0) is 34.9 Å². The second kappa shape index (κ2) is 7.43. The number of benzene rings is 1. The number of fused-ring (bicyclic) bond motifs is 1. The Kier molecular flexibility index (Phi) is 4.88. The van der Waals surface area contributed by atoms with Gasteiger partial charge in [0.15, 0.2) is 0 Å². The number of rotatable bonds is 5. The lowest BCUT2D eigenvalue weighted by atomic mass is 10.1. The molecule has 0 amide bonds. The van der Waals surface area contributed by atoms with E-state index in [9.17, 15) is 0 Å². The van der Waals surface area contributed by atoms with E-state index in [0.717, 1.165) is 19.6 Å². The van der Waals surface area contributed by atoms with Crippen LogP contribution in [0.5, 0.6) is 0 Å². The van der Waals surface area contributed by atoms with Crippen molar-refractivity contribution in [2.75, 3.05) is 32.7 Å². The predicted molar refractivity (Wildman–Crippen MR) is 101 cm³/mol. The van der Waals surface area contributed by atoms with Crippen LogP contribution in [0.3, 0.4) is 0 Å². The number of aromatic nitrogens is 1. The van der Waals surface area contributed by atoms with E-state index in [1.54, 1.807) is 0 Å². The van der Waals surface area contributed by atoms with Gasteiger partial charge in [-0.1, -0.05) is 24.3 Å². The van der Waals surface area contributed by atoms with Gasteiger partial charge in [0.25, 0.3) is 0 Å².